The molecule has 0 spiro atoms. The number of halogens is 3. The summed E-state index contributed by atoms with van der Waals surface area (Å²) < 4.78 is 1.85. The summed E-state index contributed by atoms with van der Waals surface area (Å²) in [5, 5.41) is 10.5. The van der Waals surface area contributed by atoms with Crippen LogP contribution in [0.1, 0.15) is 5.69 Å². The molecule has 0 N–H and O–H groups in total. The van der Waals surface area contributed by atoms with Crippen molar-refractivity contribution in [2.75, 3.05) is 11.1 Å². The van der Waals surface area contributed by atoms with Crippen molar-refractivity contribution < 1.29 is 0 Å². The number of aromatic nitrogens is 3. The minimum Gasteiger partial charge on any atom is -0.251 e. The van der Waals surface area contributed by atoms with Crippen LogP contribution < -0.4 is 0 Å². The maximum atomic E-state index is 6.10. The van der Waals surface area contributed by atoms with Crippen molar-refractivity contribution in [2.24, 2.45) is 0 Å². The quantitative estimate of drug-likeness (QED) is 0.552. The van der Waals surface area contributed by atoms with Gasteiger partial charge >= 0.3 is 0 Å². The van der Waals surface area contributed by atoms with Gasteiger partial charge in [-0.05, 0) is 18.2 Å². The minimum atomic E-state index is 0.701. The molecule has 0 amide bonds. The maximum Gasteiger partial charge on any atom is 0.0835 e. The van der Waals surface area contributed by atoms with Gasteiger partial charge in [0, 0.05) is 33.6 Å². The Hall–Kier alpha value is -0.230. The Labute approximate surface area is 134 Å². The zero-order valence-electron chi connectivity index (χ0n) is 10.0. The topological polar surface area (TPSA) is 30.7 Å². The SMILES string of the molecule is Clc1ccc(Cl)c(SCCn2cc(CCBr)nn2)c1. The fraction of sp³-hybridized carbons (Fsp3) is 0.333. The third kappa shape index (κ3) is 4.67. The Kier molecular flexibility index (Phi) is 6.01. The van der Waals surface area contributed by atoms with Gasteiger partial charge in [0.15, 0.2) is 0 Å². The molecular formula is C12H12BrCl2N3S. The number of hydrogen-bond acceptors (Lipinski definition) is 3. The number of hydrogen-bond donors (Lipinski definition) is 0. The summed E-state index contributed by atoms with van der Waals surface area (Å²) in [5.41, 5.74) is 1.00. The standard InChI is InChI=1S/C12H12BrCl2N3S/c13-4-3-10-8-18(17-16-10)5-6-19-12-7-9(14)1-2-11(12)15/h1-2,7-8H,3-6H2. The smallest absolute Gasteiger partial charge is 0.0835 e. The number of alkyl halides is 1. The fourth-order valence-corrected chi connectivity index (χ4v) is 3.33. The third-order valence-electron chi connectivity index (χ3n) is 2.41. The highest BCUT2D eigenvalue weighted by Crippen LogP contribution is 2.29. The molecule has 0 radical (unpaired) electrons. The van der Waals surface area contributed by atoms with Gasteiger partial charge in [-0.2, -0.15) is 0 Å². The van der Waals surface area contributed by atoms with E-state index in [9.17, 15) is 0 Å². The Morgan fingerprint density at radius 2 is 2.16 bits per heavy atom. The van der Waals surface area contributed by atoms with Gasteiger partial charge in [0.25, 0.3) is 0 Å². The van der Waals surface area contributed by atoms with Gasteiger partial charge in [-0.1, -0.05) is 44.3 Å². The molecule has 1 heterocycles. The van der Waals surface area contributed by atoms with Crippen LogP contribution in [-0.2, 0) is 13.0 Å². The lowest BCUT2D eigenvalue weighted by atomic mass is 10.4. The van der Waals surface area contributed by atoms with Crippen LogP contribution in [0.4, 0.5) is 0 Å². The van der Waals surface area contributed by atoms with Crippen LogP contribution in [0.25, 0.3) is 0 Å². The molecule has 0 aliphatic heterocycles. The van der Waals surface area contributed by atoms with Gasteiger partial charge in [0.2, 0.25) is 0 Å². The Balaban J connectivity index is 1.87. The van der Waals surface area contributed by atoms with E-state index in [-0.39, 0.29) is 0 Å². The molecule has 1 aromatic heterocycles. The molecule has 7 heteroatoms. The molecule has 2 rings (SSSR count). The Bertz CT molecular complexity index is 548. The zero-order valence-corrected chi connectivity index (χ0v) is 13.9. The molecule has 102 valence electrons. The number of thioether (sulfide) groups is 1. The van der Waals surface area contributed by atoms with Crippen molar-refractivity contribution in [3.63, 3.8) is 0 Å². The summed E-state index contributed by atoms with van der Waals surface area (Å²) in [6, 6.07) is 5.49. The first-order chi connectivity index (χ1) is 9.19. The van der Waals surface area contributed by atoms with E-state index in [1.54, 1.807) is 17.8 Å². The van der Waals surface area contributed by atoms with E-state index in [0.717, 1.165) is 39.7 Å². The average molecular weight is 381 g/mol. The molecule has 0 saturated carbocycles. The van der Waals surface area contributed by atoms with Crippen LogP contribution in [0.2, 0.25) is 10.0 Å². The van der Waals surface area contributed by atoms with Crippen molar-refractivity contribution in [1.29, 1.82) is 0 Å². The van der Waals surface area contributed by atoms with Gasteiger partial charge in [-0.25, -0.2) is 0 Å². The summed E-state index contributed by atoms with van der Waals surface area (Å²) in [5.74, 6) is 0.872. The van der Waals surface area contributed by atoms with Gasteiger partial charge in [-0.3, -0.25) is 4.68 Å². The summed E-state index contributed by atoms with van der Waals surface area (Å²) in [6.45, 7) is 0.794. The van der Waals surface area contributed by atoms with Gasteiger partial charge < -0.3 is 0 Å². The summed E-state index contributed by atoms with van der Waals surface area (Å²) >= 11 is 17.1. The summed E-state index contributed by atoms with van der Waals surface area (Å²) in [4.78, 5) is 0.995. The molecule has 3 nitrogen and oxygen atoms in total. The van der Waals surface area contributed by atoms with Crippen LogP contribution in [0.15, 0.2) is 29.3 Å². The number of aryl methyl sites for hydroxylation is 2. The molecule has 0 saturated heterocycles. The maximum absolute atomic E-state index is 6.10. The second-order valence-electron chi connectivity index (χ2n) is 3.84. The number of rotatable bonds is 6. The van der Waals surface area contributed by atoms with Crippen LogP contribution in [0.5, 0.6) is 0 Å². The normalized spacial score (nSPS) is 10.9. The molecular weight excluding hydrogens is 369 g/mol. The molecule has 1 aromatic carbocycles. The van der Waals surface area contributed by atoms with Crippen molar-refractivity contribution in [2.45, 2.75) is 17.9 Å². The van der Waals surface area contributed by atoms with Crippen molar-refractivity contribution in [3.8, 4) is 0 Å². The predicted molar refractivity (Wildman–Crippen MR) is 84.7 cm³/mol. The highest BCUT2D eigenvalue weighted by Gasteiger charge is 2.04. The first-order valence-electron chi connectivity index (χ1n) is 5.72. The van der Waals surface area contributed by atoms with E-state index >= 15 is 0 Å². The van der Waals surface area contributed by atoms with E-state index in [2.05, 4.69) is 26.2 Å². The Morgan fingerprint density at radius 3 is 2.95 bits per heavy atom. The first-order valence-corrected chi connectivity index (χ1v) is 8.58. The highest BCUT2D eigenvalue weighted by atomic mass is 79.9. The Morgan fingerprint density at radius 1 is 1.32 bits per heavy atom. The van der Waals surface area contributed by atoms with Crippen LogP contribution in [-0.4, -0.2) is 26.1 Å². The van der Waals surface area contributed by atoms with Crippen LogP contribution >= 0.6 is 50.9 Å². The molecule has 19 heavy (non-hydrogen) atoms. The lowest BCUT2D eigenvalue weighted by Crippen LogP contribution is -2.01. The molecule has 0 aliphatic rings. The minimum absolute atomic E-state index is 0.701. The second-order valence-corrected chi connectivity index (χ2v) is 6.61. The van der Waals surface area contributed by atoms with Crippen molar-refractivity contribution >= 4 is 50.9 Å². The highest BCUT2D eigenvalue weighted by molar-refractivity contribution is 9.09. The lowest BCUT2D eigenvalue weighted by molar-refractivity contribution is 0.632. The molecule has 0 bridgehead atoms. The molecule has 0 unspecified atom stereocenters. The molecule has 0 atom stereocenters. The molecule has 0 fully saturated rings. The van der Waals surface area contributed by atoms with E-state index in [1.165, 1.54) is 0 Å². The third-order valence-corrected chi connectivity index (χ3v) is 4.52. The van der Waals surface area contributed by atoms with Crippen LogP contribution in [0.3, 0.4) is 0 Å². The second kappa shape index (κ2) is 7.53. The fourth-order valence-electron chi connectivity index (χ4n) is 1.50. The van der Waals surface area contributed by atoms with Gasteiger partial charge in [0.1, 0.15) is 0 Å². The first kappa shape index (κ1) is 15.2. The summed E-state index contributed by atoms with van der Waals surface area (Å²) in [6.07, 6.45) is 2.87. The summed E-state index contributed by atoms with van der Waals surface area (Å²) in [7, 11) is 0. The van der Waals surface area contributed by atoms with Crippen molar-refractivity contribution in [3.05, 3.63) is 40.1 Å². The van der Waals surface area contributed by atoms with E-state index in [4.69, 9.17) is 23.2 Å². The molecule has 2 aromatic rings. The monoisotopic (exact) mass is 379 g/mol. The largest absolute Gasteiger partial charge is 0.251 e. The lowest BCUT2D eigenvalue weighted by Gasteiger charge is -2.04. The van der Waals surface area contributed by atoms with E-state index < -0.39 is 0 Å². The number of benzene rings is 1. The van der Waals surface area contributed by atoms with Crippen molar-refractivity contribution in [1.82, 2.24) is 15.0 Å². The van der Waals surface area contributed by atoms with Gasteiger partial charge in [0.05, 0.1) is 17.3 Å². The van der Waals surface area contributed by atoms with Gasteiger partial charge in [-0.15, -0.1) is 16.9 Å². The van der Waals surface area contributed by atoms with E-state index in [1.807, 2.05) is 23.0 Å². The number of nitrogens with zero attached hydrogens (tertiary/aromatic N) is 3. The molecule has 0 aliphatic carbocycles. The van der Waals surface area contributed by atoms with Crippen LogP contribution in [0, 0.1) is 0 Å². The zero-order chi connectivity index (χ0) is 13.7. The predicted octanol–water partition coefficient (Wildman–Crippen LogP) is 4.31. The van der Waals surface area contributed by atoms with E-state index in [0.29, 0.717) is 5.02 Å². The average Bonchev–Trinajstić information content (AvgIpc) is 2.82.